The summed E-state index contributed by atoms with van der Waals surface area (Å²) in [5.74, 6) is 0.138. The number of alkyl halides is 1. The SMILES string of the molecule is CN(Cc1ccc(F)cc1)c1cccc(Cl)c1CCl. The minimum atomic E-state index is -0.226. The van der Waals surface area contributed by atoms with Gasteiger partial charge in [-0.05, 0) is 29.8 Å². The summed E-state index contributed by atoms with van der Waals surface area (Å²) in [5, 5.41) is 0.665. The molecule has 100 valence electrons. The third-order valence-corrected chi connectivity index (χ3v) is 3.59. The summed E-state index contributed by atoms with van der Waals surface area (Å²) in [6.45, 7) is 0.671. The molecular formula is C15H14Cl2FN. The quantitative estimate of drug-likeness (QED) is 0.729. The van der Waals surface area contributed by atoms with Gasteiger partial charge in [0.2, 0.25) is 0 Å². The Hall–Kier alpha value is -1.25. The molecule has 0 saturated heterocycles. The molecule has 2 aromatic carbocycles. The van der Waals surface area contributed by atoms with Gasteiger partial charge >= 0.3 is 0 Å². The van der Waals surface area contributed by atoms with Crippen LogP contribution in [0.4, 0.5) is 10.1 Å². The Kier molecular flexibility index (Phi) is 4.67. The van der Waals surface area contributed by atoms with E-state index >= 15 is 0 Å². The molecular weight excluding hydrogens is 284 g/mol. The van der Waals surface area contributed by atoms with Crippen LogP contribution in [0.25, 0.3) is 0 Å². The number of nitrogens with zero attached hydrogens (tertiary/aromatic N) is 1. The van der Waals surface area contributed by atoms with Crippen LogP contribution in [0.3, 0.4) is 0 Å². The molecule has 1 nitrogen and oxygen atoms in total. The van der Waals surface area contributed by atoms with Crippen LogP contribution >= 0.6 is 23.2 Å². The highest BCUT2D eigenvalue weighted by Gasteiger charge is 2.10. The summed E-state index contributed by atoms with van der Waals surface area (Å²) in [6, 6.07) is 12.2. The smallest absolute Gasteiger partial charge is 0.123 e. The molecule has 0 spiro atoms. The van der Waals surface area contributed by atoms with Gasteiger partial charge in [-0.15, -0.1) is 11.6 Å². The number of hydrogen-bond donors (Lipinski definition) is 0. The van der Waals surface area contributed by atoms with Crippen molar-refractivity contribution in [2.45, 2.75) is 12.4 Å². The van der Waals surface area contributed by atoms with Gasteiger partial charge in [-0.2, -0.15) is 0 Å². The first kappa shape index (κ1) is 14.2. The molecule has 0 aliphatic carbocycles. The van der Waals surface area contributed by atoms with Crippen LogP contribution in [0.2, 0.25) is 5.02 Å². The molecule has 0 aromatic heterocycles. The van der Waals surface area contributed by atoms with Gasteiger partial charge in [-0.3, -0.25) is 0 Å². The van der Waals surface area contributed by atoms with Crippen molar-refractivity contribution < 1.29 is 4.39 Å². The molecule has 0 heterocycles. The zero-order valence-corrected chi connectivity index (χ0v) is 12.0. The normalized spacial score (nSPS) is 10.5. The zero-order chi connectivity index (χ0) is 13.8. The van der Waals surface area contributed by atoms with Crippen LogP contribution in [-0.4, -0.2) is 7.05 Å². The second-order valence-electron chi connectivity index (χ2n) is 4.35. The molecule has 0 fully saturated rings. The Balaban J connectivity index is 2.22. The van der Waals surface area contributed by atoms with Crippen molar-refractivity contribution >= 4 is 28.9 Å². The summed E-state index contributed by atoms with van der Waals surface area (Å²) in [7, 11) is 1.96. The maximum absolute atomic E-state index is 12.9. The monoisotopic (exact) mass is 297 g/mol. The molecule has 2 rings (SSSR count). The van der Waals surface area contributed by atoms with Gasteiger partial charge in [-0.1, -0.05) is 29.8 Å². The average Bonchev–Trinajstić information content (AvgIpc) is 2.41. The Bertz CT molecular complexity index is 555. The van der Waals surface area contributed by atoms with Crippen molar-refractivity contribution in [1.82, 2.24) is 0 Å². The van der Waals surface area contributed by atoms with Crippen molar-refractivity contribution in [1.29, 1.82) is 0 Å². The predicted molar refractivity (Wildman–Crippen MR) is 79.5 cm³/mol. The van der Waals surface area contributed by atoms with Crippen LogP contribution in [0.15, 0.2) is 42.5 Å². The van der Waals surface area contributed by atoms with Crippen molar-refractivity contribution in [3.05, 3.63) is 64.4 Å². The van der Waals surface area contributed by atoms with Crippen LogP contribution in [0.5, 0.6) is 0 Å². The highest BCUT2D eigenvalue weighted by atomic mass is 35.5. The van der Waals surface area contributed by atoms with E-state index in [4.69, 9.17) is 23.2 Å². The number of hydrogen-bond acceptors (Lipinski definition) is 1. The van der Waals surface area contributed by atoms with Gasteiger partial charge in [0, 0.05) is 29.9 Å². The topological polar surface area (TPSA) is 3.24 Å². The van der Waals surface area contributed by atoms with Gasteiger partial charge in [0.1, 0.15) is 5.82 Å². The minimum absolute atomic E-state index is 0.226. The standard InChI is InChI=1S/C15H14Cl2FN/c1-19(10-11-5-7-12(18)8-6-11)15-4-2-3-14(17)13(15)9-16/h2-8H,9-10H2,1H3. The summed E-state index contributed by atoms with van der Waals surface area (Å²) < 4.78 is 12.9. The Morgan fingerprint density at radius 2 is 1.79 bits per heavy atom. The summed E-state index contributed by atoms with van der Waals surface area (Å²) in [6.07, 6.45) is 0. The van der Waals surface area contributed by atoms with E-state index in [2.05, 4.69) is 4.90 Å². The molecule has 2 aromatic rings. The summed E-state index contributed by atoms with van der Waals surface area (Å²) in [4.78, 5) is 2.05. The zero-order valence-electron chi connectivity index (χ0n) is 10.5. The molecule has 0 amide bonds. The minimum Gasteiger partial charge on any atom is -0.370 e. The highest BCUT2D eigenvalue weighted by molar-refractivity contribution is 6.32. The van der Waals surface area contributed by atoms with Crippen LogP contribution in [0, 0.1) is 5.82 Å². The van der Waals surface area contributed by atoms with Crippen LogP contribution in [-0.2, 0) is 12.4 Å². The third kappa shape index (κ3) is 3.40. The van der Waals surface area contributed by atoms with Crippen molar-refractivity contribution in [2.24, 2.45) is 0 Å². The molecule has 0 aliphatic heterocycles. The van der Waals surface area contributed by atoms with E-state index in [1.54, 1.807) is 12.1 Å². The largest absolute Gasteiger partial charge is 0.370 e. The predicted octanol–water partition coefficient (Wildman–Crippen LogP) is 4.85. The van der Waals surface area contributed by atoms with Gasteiger partial charge in [-0.25, -0.2) is 4.39 Å². The van der Waals surface area contributed by atoms with Crippen molar-refractivity contribution in [2.75, 3.05) is 11.9 Å². The maximum Gasteiger partial charge on any atom is 0.123 e. The van der Waals surface area contributed by atoms with Crippen molar-refractivity contribution in [3.63, 3.8) is 0 Å². The fraction of sp³-hybridized carbons (Fsp3) is 0.200. The second-order valence-corrected chi connectivity index (χ2v) is 5.03. The maximum atomic E-state index is 12.9. The first-order valence-corrected chi connectivity index (χ1v) is 6.82. The van der Waals surface area contributed by atoms with E-state index < -0.39 is 0 Å². The average molecular weight is 298 g/mol. The number of rotatable bonds is 4. The molecule has 4 heteroatoms. The van der Waals surface area contributed by atoms with Gasteiger partial charge in [0.05, 0.1) is 5.88 Å². The molecule has 0 unspecified atom stereocenters. The van der Waals surface area contributed by atoms with Crippen LogP contribution in [0.1, 0.15) is 11.1 Å². The lowest BCUT2D eigenvalue weighted by molar-refractivity contribution is 0.627. The lowest BCUT2D eigenvalue weighted by atomic mass is 10.1. The first-order chi connectivity index (χ1) is 9.11. The molecule has 19 heavy (non-hydrogen) atoms. The van der Waals surface area contributed by atoms with Gasteiger partial charge in [0.25, 0.3) is 0 Å². The number of benzene rings is 2. The molecule has 0 atom stereocenters. The lowest BCUT2D eigenvalue weighted by Gasteiger charge is -2.22. The van der Waals surface area contributed by atoms with E-state index in [-0.39, 0.29) is 5.82 Å². The fourth-order valence-electron chi connectivity index (χ4n) is 1.99. The van der Waals surface area contributed by atoms with E-state index in [1.165, 1.54) is 12.1 Å². The number of halogens is 3. The lowest BCUT2D eigenvalue weighted by Crippen LogP contribution is -2.17. The molecule has 0 aliphatic rings. The molecule has 0 radical (unpaired) electrons. The molecule has 0 saturated carbocycles. The fourth-order valence-corrected chi connectivity index (χ4v) is 2.57. The van der Waals surface area contributed by atoms with E-state index in [9.17, 15) is 4.39 Å². The van der Waals surface area contributed by atoms with E-state index in [1.807, 2.05) is 25.2 Å². The second kappa shape index (κ2) is 6.27. The van der Waals surface area contributed by atoms with Gasteiger partial charge < -0.3 is 4.90 Å². The Morgan fingerprint density at radius 3 is 2.42 bits per heavy atom. The number of anilines is 1. The summed E-state index contributed by atoms with van der Waals surface area (Å²) >= 11 is 12.1. The van der Waals surface area contributed by atoms with Gasteiger partial charge in [0.15, 0.2) is 0 Å². The van der Waals surface area contributed by atoms with E-state index in [0.717, 1.165) is 16.8 Å². The van der Waals surface area contributed by atoms with Crippen LogP contribution < -0.4 is 4.90 Å². The third-order valence-electron chi connectivity index (χ3n) is 2.97. The Morgan fingerprint density at radius 1 is 1.11 bits per heavy atom. The first-order valence-electron chi connectivity index (χ1n) is 5.90. The summed E-state index contributed by atoms with van der Waals surface area (Å²) in [5.41, 5.74) is 2.94. The molecule has 0 N–H and O–H groups in total. The Labute approximate surface area is 122 Å². The molecule has 0 bridgehead atoms. The van der Waals surface area contributed by atoms with Crippen molar-refractivity contribution in [3.8, 4) is 0 Å². The van der Waals surface area contributed by atoms with E-state index in [0.29, 0.717) is 17.4 Å². The highest BCUT2D eigenvalue weighted by Crippen LogP contribution is 2.29.